The van der Waals surface area contributed by atoms with E-state index in [0.29, 0.717) is 18.0 Å². The van der Waals surface area contributed by atoms with E-state index >= 15 is 0 Å². The topological polar surface area (TPSA) is 94.9 Å². The van der Waals surface area contributed by atoms with Crippen LogP contribution in [0, 0.1) is 5.92 Å². The first-order valence-electron chi connectivity index (χ1n) is 10.6. The molecule has 2 aromatic carbocycles. The van der Waals surface area contributed by atoms with Crippen molar-refractivity contribution in [1.29, 1.82) is 0 Å². The highest BCUT2D eigenvalue weighted by Crippen LogP contribution is 2.33. The van der Waals surface area contributed by atoms with Crippen LogP contribution in [0.4, 0.5) is 0 Å². The Morgan fingerprint density at radius 1 is 0.970 bits per heavy atom. The van der Waals surface area contributed by atoms with Crippen LogP contribution in [-0.4, -0.2) is 30.8 Å². The van der Waals surface area contributed by atoms with E-state index in [9.17, 15) is 13.2 Å². The van der Waals surface area contributed by atoms with Gasteiger partial charge in [-0.1, -0.05) is 50.2 Å². The summed E-state index contributed by atoms with van der Waals surface area (Å²) in [4.78, 5) is 22.1. The number of carbonyl (C=O) groups excluding carboxylic acids is 1. The predicted octanol–water partition coefficient (Wildman–Crippen LogP) is 4.18. The second-order valence-corrected chi connectivity index (χ2v) is 9.86. The highest BCUT2D eigenvalue weighted by Gasteiger charge is 2.47. The van der Waals surface area contributed by atoms with Crippen molar-refractivity contribution in [1.82, 2.24) is 4.98 Å². The Bertz CT molecular complexity index is 1260. The highest BCUT2D eigenvalue weighted by molar-refractivity contribution is 7.87. The lowest BCUT2D eigenvalue weighted by atomic mass is 9.85. The third kappa shape index (κ3) is 5.12. The molecule has 0 saturated heterocycles. The van der Waals surface area contributed by atoms with Crippen LogP contribution in [0.2, 0.25) is 0 Å². The van der Waals surface area contributed by atoms with Crippen molar-refractivity contribution in [3.63, 3.8) is 0 Å². The second kappa shape index (κ2) is 9.15. The molecule has 1 aliphatic heterocycles. The van der Waals surface area contributed by atoms with E-state index in [4.69, 9.17) is 13.9 Å². The van der Waals surface area contributed by atoms with E-state index in [1.807, 2.05) is 44.2 Å². The van der Waals surface area contributed by atoms with Crippen LogP contribution in [0.3, 0.4) is 0 Å². The van der Waals surface area contributed by atoms with Gasteiger partial charge >= 0.3 is 16.1 Å². The number of cyclic esters (lactones) is 1. The van der Waals surface area contributed by atoms with Crippen LogP contribution in [-0.2, 0) is 26.1 Å². The van der Waals surface area contributed by atoms with Gasteiger partial charge < -0.3 is 8.92 Å². The summed E-state index contributed by atoms with van der Waals surface area (Å²) in [6, 6.07) is 20.3. The van der Waals surface area contributed by atoms with Gasteiger partial charge in [0.1, 0.15) is 4.90 Å². The predicted molar refractivity (Wildman–Crippen MR) is 123 cm³/mol. The summed E-state index contributed by atoms with van der Waals surface area (Å²) in [5, 5.41) is 0. The molecule has 1 atom stereocenters. The molecule has 4 rings (SSSR count). The molecular weight excluding hydrogens is 440 g/mol. The summed E-state index contributed by atoms with van der Waals surface area (Å²) in [5.41, 5.74) is 0.222. The maximum Gasteiger partial charge on any atom is 0.341 e. The third-order valence-electron chi connectivity index (χ3n) is 5.16. The van der Waals surface area contributed by atoms with Gasteiger partial charge in [-0.2, -0.15) is 8.42 Å². The minimum Gasteiger partial charge on any atom is -0.405 e. The maximum absolute atomic E-state index is 13.0. The summed E-state index contributed by atoms with van der Waals surface area (Å²) < 4.78 is 35.6. The van der Waals surface area contributed by atoms with Gasteiger partial charge in [0, 0.05) is 17.7 Å². The first kappa shape index (κ1) is 22.7. The largest absolute Gasteiger partial charge is 0.405 e. The second-order valence-electron chi connectivity index (χ2n) is 8.31. The van der Waals surface area contributed by atoms with Gasteiger partial charge in [0.15, 0.2) is 11.3 Å². The zero-order chi connectivity index (χ0) is 23.5. The van der Waals surface area contributed by atoms with Gasteiger partial charge in [0.2, 0.25) is 5.90 Å². The number of aliphatic imine (C=N–C) groups is 1. The van der Waals surface area contributed by atoms with Crippen molar-refractivity contribution in [2.75, 3.05) is 0 Å². The molecule has 0 amide bonds. The lowest BCUT2D eigenvalue weighted by Crippen LogP contribution is -2.38. The fourth-order valence-corrected chi connectivity index (χ4v) is 4.70. The minimum absolute atomic E-state index is 0.0569. The van der Waals surface area contributed by atoms with Gasteiger partial charge in [0.25, 0.3) is 0 Å². The molecule has 2 heterocycles. The number of benzene rings is 2. The first-order valence-corrected chi connectivity index (χ1v) is 12.0. The number of aromatic nitrogens is 1. The zero-order valence-corrected chi connectivity index (χ0v) is 19.2. The molecule has 1 unspecified atom stereocenters. The van der Waals surface area contributed by atoms with Crippen LogP contribution in [0.5, 0.6) is 5.75 Å². The number of rotatable bonds is 8. The van der Waals surface area contributed by atoms with Crippen LogP contribution in [0.15, 0.2) is 88.9 Å². The third-order valence-corrected chi connectivity index (χ3v) is 6.42. The van der Waals surface area contributed by atoms with Crippen molar-refractivity contribution in [3.05, 3.63) is 90.3 Å². The van der Waals surface area contributed by atoms with E-state index in [1.165, 1.54) is 24.4 Å². The molecule has 1 aliphatic rings. The molecule has 0 radical (unpaired) electrons. The van der Waals surface area contributed by atoms with Crippen molar-refractivity contribution in [2.45, 2.75) is 37.1 Å². The summed E-state index contributed by atoms with van der Waals surface area (Å²) in [6.45, 7) is 4.04. The van der Waals surface area contributed by atoms with Crippen molar-refractivity contribution < 1.29 is 22.1 Å². The van der Waals surface area contributed by atoms with Crippen LogP contribution in [0.1, 0.15) is 31.5 Å². The van der Waals surface area contributed by atoms with E-state index in [2.05, 4.69) is 4.98 Å². The molecule has 0 spiro atoms. The molecule has 170 valence electrons. The minimum atomic E-state index is -3.96. The monoisotopic (exact) mass is 464 g/mol. The molecule has 0 bridgehead atoms. The van der Waals surface area contributed by atoms with E-state index < -0.39 is 21.6 Å². The molecule has 1 aromatic heterocycles. The first-order chi connectivity index (χ1) is 15.8. The Labute approximate surface area is 193 Å². The fourth-order valence-electron chi connectivity index (χ4n) is 3.76. The van der Waals surface area contributed by atoms with E-state index in [-0.39, 0.29) is 23.0 Å². The number of pyridine rings is 1. The Balaban J connectivity index is 1.57. The standard InChI is InChI=1S/C25H24N2O5S/c1-18(2)15-25(24(28)31-23(27-25)19-9-5-3-6-10-19)16-20-13-14-21(17-26-20)32-33(29,30)22-11-7-4-8-12-22/h3-14,17-18H,15-16H2,1-2H3. The normalized spacial score (nSPS) is 18.2. The number of carbonyl (C=O) groups is 1. The lowest BCUT2D eigenvalue weighted by Gasteiger charge is -2.23. The van der Waals surface area contributed by atoms with E-state index in [0.717, 1.165) is 5.56 Å². The molecule has 0 saturated carbocycles. The molecule has 3 aromatic rings. The van der Waals surface area contributed by atoms with Crippen molar-refractivity contribution in [2.24, 2.45) is 10.9 Å². The van der Waals surface area contributed by atoms with Crippen LogP contribution < -0.4 is 4.18 Å². The number of hydrogen-bond donors (Lipinski definition) is 0. The summed E-state index contributed by atoms with van der Waals surface area (Å²) >= 11 is 0. The Kier molecular flexibility index (Phi) is 6.29. The quantitative estimate of drug-likeness (QED) is 0.367. The molecular formula is C25H24N2O5S. The Hall–Kier alpha value is -3.52. The number of hydrogen-bond acceptors (Lipinski definition) is 7. The van der Waals surface area contributed by atoms with Gasteiger partial charge in [-0.3, -0.25) is 4.98 Å². The fraction of sp³-hybridized carbons (Fsp3) is 0.240. The average molecular weight is 465 g/mol. The number of ether oxygens (including phenoxy) is 1. The molecule has 8 heteroatoms. The Morgan fingerprint density at radius 3 is 2.24 bits per heavy atom. The Morgan fingerprint density at radius 2 is 1.64 bits per heavy atom. The average Bonchev–Trinajstić information content (AvgIpc) is 3.11. The summed E-state index contributed by atoms with van der Waals surface area (Å²) in [6.07, 6.45) is 2.05. The molecule has 7 nitrogen and oxygen atoms in total. The number of esters is 1. The van der Waals surface area contributed by atoms with E-state index in [1.54, 1.807) is 24.3 Å². The SMILES string of the molecule is CC(C)CC1(Cc2ccc(OS(=O)(=O)c3ccccc3)cn2)N=C(c2ccccc2)OC1=O. The van der Waals surface area contributed by atoms with Gasteiger partial charge in [0.05, 0.1) is 6.20 Å². The van der Waals surface area contributed by atoms with Gasteiger partial charge in [-0.25, -0.2) is 9.79 Å². The van der Waals surface area contributed by atoms with Crippen LogP contribution in [0.25, 0.3) is 0 Å². The van der Waals surface area contributed by atoms with Crippen LogP contribution >= 0.6 is 0 Å². The van der Waals surface area contributed by atoms with Crippen molar-refractivity contribution in [3.8, 4) is 5.75 Å². The molecule has 0 aliphatic carbocycles. The smallest absolute Gasteiger partial charge is 0.341 e. The zero-order valence-electron chi connectivity index (χ0n) is 18.3. The summed E-state index contributed by atoms with van der Waals surface area (Å²) in [5.74, 6) is 0.164. The molecule has 0 fully saturated rings. The maximum atomic E-state index is 13.0. The summed E-state index contributed by atoms with van der Waals surface area (Å²) in [7, 11) is -3.96. The van der Waals surface area contributed by atoms with Gasteiger partial charge in [-0.15, -0.1) is 0 Å². The lowest BCUT2D eigenvalue weighted by molar-refractivity contribution is -0.139. The van der Waals surface area contributed by atoms with Gasteiger partial charge in [-0.05, 0) is 48.7 Å². The highest BCUT2D eigenvalue weighted by atomic mass is 32.2. The number of nitrogens with zero attached hydrogens (tertiary/aromatic N) is 2. The molecule has 33 heavy (non-hydrogen) atoms. The molecule has 0 N–H and O–H groups in total. The van der Waals surface area contributed by atoms with Crippen molar-refractivity contribution >= 4 is 22.0 Å².